The molecular weight excluding hydrogens is 428 g/mol. The van der Waals surface area contributed by atoms with E-state index in [-0.39, 0.29) is 17.0 Å². The molecule has 0 aliphatic carbocycles. The molecule has 1 amide bonds. The van der Waals surface area contributed by atoms with E-state index in [1.807, 2.05) is 6.07 Å². The van der Waals surface area contributed by atoms with Gasteiger partial charge in [-0.2, -0.15) is 0 Å². The summed E-state index contributed by atoms with van der Waals surface area (Å²) in [6.45, 7) is 3.73. The number of anilines is 2. The van der Waals surface area contributed by atoms with E-state index in [1.165, 1.54) is 24.6 Å². The SMILES string of the molecule is CCN(c1ccccc1)S(=O)(=O)c1cc(C(=O)Nc2ccc(OC)cc2OC)ccc1C. The molecule has 168 valence electrons. The van der Waals surface area contributed by atoms with Crippen molar-refractivity contribution in [3.63, 3.8) is 0 Å². The maximum Gasteiger partial charge on any atom is 0.264 e. The Kier molecular flexibility index (Phi) is 7.05. The molecule has 0 aromatic heterocycles. The summed E-state index contributed by atoms with van der Waals surface area (Å²) in [4.78, 5) is 13.0. The number of aryl methyl sites for hydroxylation is 1. The number of para-hydroxylation sites is 1. The molecule has 8 heteroatoms. The van der Waals surface area contributed by atoms with Crippen LogP contribution in [0.1, 0.15) is 22.8 Å². The summed E-state index contributed by atoms with van der Waals surface area (Å²) in [7, 11) is -0.845. The van der Waals surface area contributed by atoms with Crippen LogP contribution in [-0.2, 0) is 10.0 Å². The van der Waals surface area contributed by atoms with Crippen molar-refractivity contribution in [1.82, 2.24) is 0 Å². The number of amides is 1. The van der Waals surface area contributed by atoms with Crippen molar-refractivity contribution >= 4 is 27.3 Å². The molecule has 0 radical (unpaired) electrons. The highest BCUT2D eigenvalue weighted by atomic mass is 32.2. The number of methoxy groups -OCH3 is 2. The van der Waals surface area contributed by atoms with Crippen LogP contribution < -0.4 is 19.1 Å². The Labute approximate surface area is 188 Å². The lowest BCUT2D eigenvalue weighted by Crippen LogP contribution is -2.31. The fourth-order valence-electron chi connectivity index (χ4n) is 3.32. The highest BCUT2D eigenvalue weighted by Gasteiger charge is 2.26. The molecule has 0 atom stereocenters. The van der Waals surface area contributed by atoms with Gasteiger partial charge in [0.25, 0.3) is 15.9 Å². The molecule has 0 unspecified atom stereocenters. The van der Waals surface area contributed by atoms with Crippen molar-refractivity contribution in [3.05, 3.63) is 77.9 Å². The number of sulfonamides is 1. The van der Waals surface area contributed by atoms with Crippen molar-refractivity contribution in [2.75, 3.05) is 30.4 Å². The molecule has 32 heavy (non-hydrogen) atoms. The van der Waals surface area contributed by atoms with Crippen molar-refractivity contribution in [2.24, 2.45) is 0 Å². The van der Waals surface area contributed by atoms with Gasteiger partial charge in [-0.3, -0.25) is 9.10 Å². The molecule has 3 aromatic rings. The lowest BCUT2D eigenvalue weighted by molar-refractivity contribution is 0.102. The Bertz CT molecular complexity index is 1210. The summed E-state index contributed by atoms with van der Waals surface area (Å²) in [5.74, 6) is 0.565. The Hall–Kier alpha value is -3.52. The first kappa shape index (κ1) is 23.1. The number of benzene rings is 3. The predicted molar refractivity (Wildman–Crippen MR) is 125 cm³/mol. The van der Waals surface area contributed by atoms with Crippen LogP contribution in [-0.4, -0.2) is 35.1 Å². The number of hydrogen-bond acceptors (Lipinski definition) is 5. The smallest absolute Gasteiger partial charge is 0.264 e. The monoisotopic (exact) mass is 454 g/mol. The average Bonchev–Trinajstić information content (AvgIpc) is 2.80. The second-order valence-corrected chi connectivity index (χ2v) is 8.84. The summed E-state index contributed by atoms with van der Waals surface area (Å²) in [6.07, 6.45) is 0. The first-order valence-corrected chi connectivity index (χ1v) is 11.5. The molecule has 0 aliphatic heterocycles. The van der Waals surface area contributed by atoms with Crippen molar-refractivity contribution in [2.45, 2.75) is 18.7 Å². The third-order valence-corrected chi connectivity index (χ3v) is 7.05. The van der Waals surface area contributed by atoms with E-state index in [2.05, 4.69) is 5.32 Å². The van der Waals surface area contributed by atoms with E-state index < -0.39 is 15.9 Å². The van der Waals surface area contributed by atoms with E-state index in [4.69, 9.17) is 9.47 Å². The van der Waals surface area contributed by atoms with Gasteiger partial charge in [0, 0.05) is 18.2 Å². The zero-order valence-corrected chi connectivity index (χ0v) is 19.3. The first-order valence-electron chi connectivity index (χ1n) is 10.0. The second-order valence-electron chi connectivity index (χ2n) is 7.01. The van der Waals surface area contributed by atoms with E-state index in [9.17, 15) is 13.2 Å². The van der Waals surface area contributed by atoms with Crippen molar-refractivity contribution in [3.8, 4) is 11.5 Å². The Morgan fingerprint density at radius 1 is 0.969 bits per heavy atom. The third kappa shape index (κ3) is 4.70. The summed E-state index contributed by atoms with van der Waals surface area (Å²) < 4.78 is 38.7. The maximum atomic E-state index is 13.4. The van der Waals surface area contributed by atoms with Gasteiger partial charge in [-0.25, -0.2) is 8.42 Å². The molecule has 0 heterocycles. The zero-order valence-electron chi connectivity index (χ0n) is 18.5. The minimum absolute atomic E-state index is 0.0811. The van der Waals surface area contributed by atoms with E-state index >= 15 is 0 Å². The lowest BCUT2D eigenvalue weighted by atomic mass is 10.1. The van der Waals surface area contributed by atoms with Crippen LogP contribution in [0.5, 0.6) is 11.5 Å². The Morgan fingerprint density at radius 2 is 1.69 bits per heavy atom. The molecule has 0 aliphatic rings. The van der Waals surface area contributed by atoms with Crippen molar-refractivity contribution < 1.29 is 22.7 Å². The maximum absolute atomic E-state index is 13.4. The molecule has 0 saturated carbocycles. The number of carbonyl (C=O) groups is 1. The van der Waals surface area contributed by atoms with Crippen LogP contribution in [0.3, 0.4) is 0 Å². The third-order valence-electron chi connectivity index (χ3n) is 5.01. The first-order chi connectivity index (χ1) is 15.3. The molecule has 0 saturated heterocycles. The van der Waals surface area contributed by atoms with Gasteiger partial charge in [-0.15, -0.1) is 0 Å². The molecule has 3 aromatic carbocycles. The molecule has 3 rings (SSSR count). The Morgan fingerprint density at radius 3 is 2.31 bits per heavy atom. The number of carbonyl (C=O) groups excluding carboxylic acids is 1. The largest absolute Gasteiger partial charge is 0.497 e. The Balaban J connectivity index is 1.96. The highest BCUT2D eigenvalue weighted by molar-refractivity contribution is 7.92. The second kappa shape index (κ2) is 9.74. The summed E-state index contributed by atoms with van der Waals surface area (Å²) in [5.41, 5.74) is 1.78. The van der Waals surface area contributed by atoms with Crippen LogP contribution in [0.25, 0.3) is 0 Å². The van der Waals surface area contributed by atoms with Crippen LogP contribution >= 0.6 is 0 Å². The number of nitrogens with one attached hydrogen (secondary N) is 1. The quantitative estimate of drug-likeness (QED) is 0.542. The van der Waals surface area contributed by atoms with Crippen LogP contribution in [0.15, 0.2) is 71.6 Å². The molecular formula is C24H26N2O5S. The van der Waals surface area contributed by atoms with Gasteiger partial charge in [0.1, 0.15) is 11.5 Å². The molecule has 7 nitrogen and oxygen atoms in total. The molecule has 1 N–H and O–H groups in total. The zero-order chi connectivity index (χ0) is 23.3. The van der Waals surface area contributed by atoms with Gasteiger partial charge in [-0.1, -0.05) is 24.3 Å². The molecule has 0 spiro atoms. The number of rotatable bonds is 8. The van der Waals surface area contributed by atoms with Gasteiger partial charge in [0.15, 0.2) is 0 Å². The normalized spacial score (nSPS) is 11.0. The fraction of sp³-hybridized carbons (Fsp3) is 0.208. The van der Waals surface area contributed by atoms with Crippen LogP contribution in [0.2, 0.25) is 0 Å². The van der Waals surface area contributed by atoms with Gasteiger partial charge in [0.2, 0.25) is 0 Å². The van der Waals surface area contributed by atoms with Crippen LogP contribution in [0, 0.1) is 6.92 Å². The van der Waals surface area contributed by atoms with Crippen molar-refractivity contribution in [1.29, 1.82) is 0 Å². The summed E-state index contributed by atoms with van der Waals surface area (Å²) in [5, 5.41) is 2.77. The summed E-state index contributed by atoms with van der Waals surface area (Å²) >= 11 is 0. The minimum atomic E-state index is -3.87. The summed E-state index contributed by atoms with van der Waals surface area (Å²) in [6, 6.07) is 18.5. The van der Waals surface area contributed by atoms with Crippen LogP contribution in [0.4, 0.5) is 11.4 Å². The van der Waals surface area contributed by atoms with Gasteiger partial charge >= 0.3 is 0 Å². The molecule has 0 bridgehead atoms. The number of nitrogens with zero attached hydrogens (tertiary/aromatic N) is 1. The standard InChI is InChI=1S/C24H26N2O5S/c1-5-26(19-9-7-6-8-10-19)32(28,29)23-15-18(12-11-17(23)2)24(27)25-21-14-13-20(30-3)16-22(21)31-4/h6-16H,5H2,1-4H3,(H,25,27). The van der Waals surface area contributed by atoms with E-state index in [1.54, 1.807) is 68.4 Å². The molecule has 0 fully saturated rings. The highest BCUT2D eigenvalue weighted by Crippen LogP contribution is 2.30. The van der Waals surface area contributed by atoms with E-state index in [0.717, 1.165) is 0 Å². The average molecular weight is 455 g/mol. The van der Waals surface area contributed by atoms with Gasteiger partial charge in [-0.05, 0) is 55.8 Å². The number of ether oxygens (including phenoxy) is 2. The predicted octanol–water partition coefficient (Wildman–Crippen LogP) is 4.48. The van der Waals surface area contributed by atoms with E-state index in [0.29, 0.717) is 28.4 Å². The van der Waals surface area contributed by atoms with Gasteiger partial charge < -0.3 is 14.8 Å². The lowest BCUT2D eigenvalue weighted by Gasteiger charge is -2.24. The minimum Gasteiger partial charge on any atom is -0.497 e. The topological polar surface area (TPSA) is 84.9 Å². The number of hydrogen-bond donors (Lipinski definition) is 1. The fourth-order valence-corrected chi connectivity index (χ4v) is 5.05. The van der Waals surface area contributed by atoms with Gasteiger partial charge in [0.05, 0.1) is 30.5 Å².